The van der Waals surface area contributed by atoms with E-state index in [0.29, 0.717) is 26.3 Å². The second-order valence-electron chi connectivity index (χ2n) is 7.53. The van der Waals surface area contributed by atoms with E-state index in [1.807, 2.05) is 17.0 Å². The number of nitrogens with zero attached hydrogens (tertiary/aromatic N) is 2. The molecule has 2 aromatic carbocycles. The Morgan fingerprint density at radius 3 is 2.57 bits per heavy atom. The van der Waals surface area contributed by atoms with Gasteiger partial charge < -0.3 is 25.0 Å². The number of likely N-dealkylation sites (tertiary alicyclic amines) is 1. The third-order valence-corrected chi connectivity index (χ3v) is 5.39. The Labute approximate surface area is 177 Å². The van der Waals surface area contributed by atoms with Gasteiger partial charge in [0.15, 0.2) is 17.5 Å². The molecule has 0 atom stereocenters. The second-order valence-corrected chi connectivity index (χ2v) is 7.53. The van der Waals surface area contributed by atoms with Crippen LogP contribution in [0.1, 0.15) is 29.5 Å². The maximum atomic E-state index is 11.8. The predicted molar refractivity (Wildman–Crippen MR) is 116 cm³/mol. The molecule has 0 aliphatic carbocycles. The van der Waals surface area contributed by atoms with Gasteiger partial charge in [0.05, 0.1) is 0 Å². The summed E-state index contributed by atoms with van der Waals surface area (Å²) in [6.07, 6.45) is 2.52. The molecule has 2 N–H and O–H groups in total. The lowest BCUT2D eigenvalue weighted by Gasteiger charge is -2.16. The number of hydrogen-bond donors (Lipinski definition) is 2. The highest BCUT2D eigenvalue weighted by Crippen LogP contribution is 2.32. The standard InChI is InChI=1S/C23H28N4O3/c1-24-23(25-11-10-17-8-9-20-21(13-17)30-16-29-20)26-14-18-4-6-19(7-5-18)15-27-12-2-3-22(27)28/h4-9,13H,2-3,10-12,14-16H2,1H3,(H2,24,25,26). The Morgan fingerprint density at radius 1 is 1.03 bits per heavy atom. The van der Waals surface area contributed by atoms with Crippen LogP contribution in [0.5, 0.6) is 11.5 Å². The molecule has 2 aromatic rings. The molecule has 1 saturated heterocycles. The molecule has 0 unspecified atom stereocenters. The van der Waals surface area contributed by atoms with Crippen molar-refractivity contribution >= 4 is 11.9 Å². The molecule has 7 heteroatoms. The van der Waals surface area contributed by atoms with Crippen LogP contribution in [0.2, 0.25) is 0 Å². The van der Waals surface area contributed by atoms with E-state index in [2.05, 4.69) is 46.0 Å². The summed E-state index contributed by atoms with van der Waals surface area (Å²) in [5.41, 5.74) is 3.53. The van der Waals surface area contributed by atoms with Gasteiger partial charge in [-0.25, -0.2) is 0 Å². The lowest BCUT2D eigenvalue weighted by atomic mass is 10.1. The molecule has 2 aliphatic heterocycles. The van der Waals surface area contributed by atoms with Crippen LogP contribution in [-0.4, -0.2) is 43.7 Å². The van der Waals surface area contributed by atoms with Gasteiger partial charge in [0.2, 0.25) is 12.7 Å². The summed E-state index contributed by atoms with van der Waals surface area (Å²) >= 11 is 0. The number of fused-ring (bicyclic) bond motifs is 1. The van der Waals surface area contributed by atoms with Crippen LogP contribution in [0.4, 0.5) is 0 Å². The number of hydrogen-bond acceptors (Lipinski definition) is 4. The van der Waals surface area contributed by atoms with Crippen LogP contribution in [0.15, 0.2) is 47.5 Å². The van der Waals surface area contributed by atoms with E-state index >= 15 is 0 Å². The molecular formula is C23H28N4O3. The smallest absolute Gasteiger partial charge is 0.231 e. The van der Waals surface area contributed by atoms with Gasteiger partial charge in [0.1, 0.15) is 0 Å². The lowest BCUT2D eigenvalue weighted by Crippen LogP contribution is -2.37. The third-order valence-electron chi connectivity index (χ3n) is 5.39. The summed E-state index contributed by atoms with van der Waals surface area (Å²) in [5.74, 6) is 2.65. The van der Waals surface area contributed by atoms with Crippen LogP contribution in [0.25, 0.3) is 0 Å². The van der Waals surface area contributed by atoms with Crippen molar-refractivity contribution in [2.75, 3.05) is 26.9 Å². The Bertz CT molecular complexity index is 911. The molecule has 1 amide bonds. The van der Waals surface area contributed by atoms with E-state index < -0.39 is 0 Å². The third kappa shape index (κ3) is 5.03. The van der Waals surface area contributed by atoms with Crippen molar-refractivity contribution in [1.29, 1.82) is 0 Å². The van der Waals surface area contributed by atoms with E-state index in [4.69, 9.17) is 9.47 Å². The van der Waals surface area contributed by atoms with Gasteiger partial charge in [-0.05, 0) is 41.7 Å². The van der Waals surface area contributed by atoms with Gasteiger partial charge in [-0.1, -0.05) is 30.3 Å². The zero-order chi connectivity index (χ0) is 20.8. The number of carbonyl (C=O) groups excluding carboxylic acids is 1. The molecule has 1 fully saturated rings. The molecule has 7 nitrogen and oxygen atoms in total. The monoisotopic (exact) mass is 408 g/mol. The number of carbonyl (C=O) groups is 1. The predicted octanol–water partition coefficient (Wildman–Crippen LogP) is 2.45. The molecule has 0 saturated carbocycles. The number of amides is 1. The first-order valence-corrected chi connectivity index (χ1v) is 10.4. The van der Waals surface area contributed by atoms with Crippen molar-refractivity contribution in [2.24, 2.45) is 4.99 Å². The van der Waals surface area contributed by atoms with Crippen molar-refractivity contribution in [2.45, 2.75) is 32.4 Å². The minimum Gasteiger partial charge on any atom is -0.454 e. The Morgan fingerprint density at radius 2 is 1.80 bits per heavy atom. The topological polar surface area (TPSA) is 75.2 Å². The largest absolute Gasteiger partial charge is 0.454 e. The number of ether oxygens (including phenoxy) is 2. The first-order valence-electron chi connectivity index (χ1n) is 10.4. The van der Waals surface area contributed by atoms with Gasteiger partial charge in [-0.3, -0.25) is 9.79 Å². The molecule has 2 aliphatic rings. The van der Waals surface area contributed by atoms with Crippen molar-refractivity contribution in [3.63, 3.8) is 0 Å². The minimum atomic E-state index is 0.261. The van der Waals surface area contributed by atoms with Crippen molar-refractivity contribution < 1.29 is 14.3 Å². The average molecular weight is 409 g/mol. The fourth-order valence-corrected chi connectivity index (χ4v) is 3.68. The molecular weight excluding hydrogens is 380 g/mol. The van der Waals surface area contributed by atoms with Crippen LogP contribution in [0, 0.1) is 0 Å². The van der Waals surface area contributed by atoms with E-state index in [1.54, 1.807) is 7.05 Å². The molecule has 30 heavy (non-hydrogen) atoms. The first kappa shape index (κ1) is 20.1. The van der Waals surface area contributed by atoms with Gasteiger partial charge in [0, 0.05) is 39.6 Å². The second kappa shape index (κ2) is 9.52. The van der Waals surface area contributed by atoms with Crippen LogP contribution in [0.3, 0.4) is 0 Å². The molecule has 0 bridgehead atoms. The van der Waals surface area contributed by atoms with Gasteiger partial charge in [0.25, 0.3) is 0 Å². The van der Waals surface area contributed by atoms with E-state index in [0.717, 1.165) is 43.4 Å². The number of guanidine groups is 1. The number of nitrogens with one attached hydrogen (secondary N) is 2. The van der Waals surface area contributed by atoms with Crippen molar-refractivity contribution in [3.05, 3.63) is 59.2 Å². The Balaban J connectivity index is 1.21. The fourth-order valence-electron chi connectivity index (χ4n) is 3.68. The molecule has 4 rings (SSSR count). The normalized spacial score (nSPS) is 15.6. The van der Waals surface area contributed by atoms with E-state index in [-0.39, 0.29) is 5.91 Å². The van der Waals surface area contributed by atoms with Crippen molar-refractivity contribution in [3.8, 4) is 11.5 Å². The molecule has 0 aromatic heterocycles. The highest BCUT2D eigenvalue weighted by atomic mass is 16.7. The maximum Gasteiger partial charge on any atom is 0.231 e. The van der Waals surface area contributed by atoms with Gasteiger partial charge in [-0.15, -0.1) is 0 Å². The van der Waals surface area contributed by atoms with Crippen LogP contribution < -0.4 is 20.1 Å². The molecule has 158 valence electrons. The summed E-state index contributed by atoms with van der Waals surface area (Å²) in [6.45, 7) is 3.33. The summed E-state index contributed by atoms with van der Waals surface area (Å²) in [4.78, 5) is 18.0. The number of rotatable bonds is 7. The first-order chi connectivity index (χ1) is 14.7. The van der Waals surface area contributed by atoms with Crippen LogP contribution >= 0.6 is 0 Å². The zero-order valence-electron chi connectivity index (χ0n) is 17.3. The number of benzene rings is 2. The molecule has 0 spiro atoms. The average Bonchev–Trinajstić information content (AvgIpc) is 3.40. The minimum absolute atomic E-state index is 0.261. The van der Waals surface area contributed by atoms with Gasteiger partial charge >= 0.3 is 0 Å². The SMILES string of the molecule is CN=C(NCCc1ccc2c(c1)OCO2)NCc1ccc(CN2CCCC2=O)cc1. The Hall–Kier alpha value is -3.22. The molecule has 2 heterocycles. The fraction of sp³-hybridized carbons (Fsp3) is 0.391. The quantitative estimate of drug-likeness (QED) is 0.544. The summed E-state index contributed by atoms with van der Waals surface area (Å²) in [6, 6.07) is 14.4. The summed E-state index contributed by atoms with van der Waals surface area (Å²) < 4.78 is 10.8. The van der Waals surface area contributed by atoms with Gasteiger partial charge in [-0.2, -0.15) is 0 Å². The number of aliphatic imine (C=N–C) groups is 1. The van der Waals surface area contributed by atoms with E-state index in [1.165, 1.54) is 16.7 Å². The maximum absolute atomic E-state index is 11.8. The zero-order valence-corrected chi connectivity index (χ0v) is 17.3. The van der Waals surface area contributed by atoms with E-state index in [9.17, 15) is 4.79 Å². The van der Waals surface area contributed by atoms with Crippen LogP contribution in [-0.2, 0) is 24.3 Å². The summed E-state index contributed by atoms with van der Waals surface area (Å²) in [5, 5.41) is 6.69. The highest BCUT2D eigenvalue weighted by molar-refractivity contribution is 5.79. The lowest BCUT2D eigenvalue weighted by molar-refractivity contribution is -0.128. The molecule has 0 radical (unpaired) electrons. The Kier molecular flexibility index (Phi) is 6.37. The summed E-state index contributed by atoms with van der Waals surface area (Å²) in [7, 11) is 1.77. The van der Waals surface area contributed by atoms with Crippen molar-refractivity contribution in [1.82, 2.24) is 15.5 Å². The highest BCUT2D eigenvalue weighted by Gasteiger charge is 2.19.